The Labute approximate surface area is 159 Å². The number of sulfone groups is 1. The predicted molar refractivity (Wildman–Crippen MR) is 102 cm³/mol. The van der Waals surface area contributed by atoms with Gasteiger partial charge in [-0.05, 0) is 31.0 Å². The maximum absolute atomic E-state index is 13.0. The molecule has 1 aromatic carbocycles. The molecule has 2 aliphatic heterocycles. The number of carbonyl (C=O) groups excluding carboxylic acids is 1. The Morgan fingerprint density at radius 1 is 1.04 bits per heavy atom. The van der Waals surface area contributed by atoms with E-state index in [4.69, 9.17) is 0 Å². The fourth-order valence-corrected chi connectivity index (χ4v) is 6.06. The molecule has 0 spiro atoms. The molecular weight excluding hydrogens is 364 g/mol. The number of rotatable bonds is 2. The van der Waals surface area contributed by atoms with Crippen molar-refractivity contribution in [2.24, 2.45) is 0 Å². The highest BCUT2D eigenvalue weighted by atomic mass is 32.2. The lowest BCUT2D eigenvalue weighted by Gasteiger charge is -2.40. The van der Waals surface area contributed by atoms with E-state index in [1.807, 2.05) is 24.3 Å². The third-order valence-electron chi connectivity index (χ3n) is 5.46. The topological polar surface area (TPSA) is 83.5 Å². The van der Waals surface area contributed by atoms with Gasteiger partial charge in [-0.1, -0.05) is 18.2 Å². The van der Waals surface area contributed by atoms with Crippen molar-refractivity contribution in [3.05, 3.63) is 54.5 Å². The number of fused-ring (bicyclic) bond motifs is 1. The van der Waals surface area contributed by atoms with Gasteiger partial charge in [0, 0.05) is 31.4 Å². The van der Waals surface area contributed by atoms with E-state index in [0.29, 0.717) is 31.5 Å². The standard InChI is InChI=1S/C19H22N4O3S/c24-19(15-4-2-1-3-5-15)23-12-13-27(25,26)17-8-11-22(10-7-16(17)23)18-6-9-20-14-21-18/h1-6,9,14,16-17H,7-8,10-13H2/t16-,17+/m0/s1. The van der Waals surface area contributed by atoms with E-state index in [1.165, 1.54) is 6.33 Å². The van der Waals surface area contributed by atoms with Gasteiger partial charge in [0.25, 0.3) is 5.91 Å². The first-order chi connectivity index (χ1) is 13.1. The Hall–Kier alpha value is -2.48. The number of hydrogen-bond acceptors (Lipinski definition) is 6. The van der Waals surface area contributed by atoms with Crippen LogP contribution in [0, 0.1) is 0 Å². The fourth-order valence-electron chi connectivity index (χ4n) is 4.08. The Balaban J connectivity index is 1.61. The number of nitrogens with zero attached hydrogens (tertiary/aromatic N) is 4. The summed E-state index contributed by atoms with van der Waals surface area (Å²) in [4.78, 5) is 25.1. The van der Waals surface area contributed by atoms with Crippen LogP contribution in [0.1, 0.15) is 23.2 Å². The SMILES string of the molecule is O=C(c1ccccc1)N1CCS(=O)(=O)[C@@H]2CCN(c3ccncn3)CC[C@@H]21. The molecule has 1 amide bonds. The van der Waals surface area contributed by atoms with Gasteiger partial charge in [0.15, 0.2) is 9.84 Å². The van der Waals surface area contributed by atoms with E-state index in [2.05, 4.69) is 14.9 Å². The van der Waals surface area contributed by atoms with Crippen LogP contribution in [-0.4, -0.2) is 65.9 Å². The summed E-state index contributed by atoms with van der Waals surface area (Å²) in [5.74, 6) is 0.734. The molecular formula is C19H22N4O3S. The summed E-state index contributed by atoms with van der Waals surface area (Å²) in [6.07, 6.45) is 4.28. The zero-order valence-corrected chi connectivity index (χ0v) is 15.8. The molecule has 2 aliphatic rings. The van der Waals surface area contributed by atoms with E-state index >= 15 is 0 Å². The zero-order chi connectivity index (χ0) is 18.9. The number of amides is 1. The zero-order valence-electron chi connectivity index (χ0n) is 14.9. The number of hydrogen-bond donors (Lipinski definition) is 0. The van der Waals surface area contributed by atoms with Gasteiger partial charge >= 0.3 is 0 Å². The summed E-state index contributed by atoms with van der Waals surface area (Å²) < 4.78 is 25.5. The Kier molecular flexibility index (Phi) is 4.82. The predicted octanol–water partition coefficient (Wildman–Crippen LogP) is 1.38. The normalized spacial score (nSPS) is 24.7. The second-order valence-electron chi connectivity index (χ2n) is 6.97. The van der Waals surface area contributed by atoms with E-state index in [9.17, 15) is 13.2 Å². The average molecular weight is 386 g/mol. The Morgan fingerprint density at radius 3 is 2.56 bits per heavy atom. The molecule has 7 nitrogen and oxygen atoms in total. The van der Waals surface area contributed by atoms with Crippen LogP contribution in [0.4, 0.5) is 5.82 Å². The van der Waals surface area contributed by atoms with E-state index in [-0.39, 0.29) is 24.2 Å². The number of anilines is 1. The van der Waals surface area contributed by atoms with Crippen molar-refractivity contribution < 1.29 is 13.2 Å². The minimum Gasteiger partial charge on any atom is -0.356 e. The van der Waals surface area contributed by atoms with Crippen LogP contribution in [-0.2, 0) is 9.84 Å². The average Bonchev–Trinajstić information content (AvgIpc) is 2.93. The molecule has 1 aromatic heterocycles. The molecule has 27 heavy (non-hydrogen) atoms. The number of benzene rings is 1. The van der Waals surface area contributed by atoms with Crippen molar-refractivity contribution in [2.75, 3.05) is 30.3 Å². The highest BCUT2D eigenvalue weighted by Gasteiger charge is 2.44. The fraction of sp³-hybridized carbons (Fsp3) is 0.421. The minimum atomic E-state index is -3.21. The highest BCUT2D eigenvalue weighted by Crippen LogP contribution is 2.30. The van der Waals surface area contributed by atoms with Crippen LogP contribution in [0.25, 0.3) is 0 Å². The molecule has 2 saturated heterocycles. The van der Waals surface area contributed by atoms with Crippen LogP contribution in [0.2, 0.25) is 0 Å². The molecule has 3 heterocycles. The monoisotopic (exact) mass is 386 g/mol. The van der Waals surface area contributed by atoms with Crippen molar-refractivity contribution in [1.29, 1.82) is 0 Å². The lowest BCUT2D eigenvalue weighted by atomic mass is 10.0. The first-order valence-electron chi connectivity index (χ1n) is 9.15. The molecule has 0 N–H and O–H groups in total. The van der Waals surface area contributed by atoms with Crippen molar-refractivity contribution in [3.8, 4) is 0 Å². The lowest BCUT2D eigenvalue weighted by molar-refractivity contribution is 0.0668. The summed E-state index contributed by atoms with van der Waals surface area (Å²) in [5, 5.41) is -0.522. The van der Waals surface area contributed by atoms with Gasteiger partial charge in [-0.15, -0.1) is 0 Å². The first-order valence-corrected chi connectivity index (χ1v) is 10.9. The second-order valence-corrected chi connectivity index (χ2v) is 9.31. The Morgan fingerprint density at radius 2 is 1.81 bits per heavy atom. The minimum absolute atomic E-state index is 0.0280. The highest BCUT2D eigenvalue weighted by molar-refractivity contribution is 7.92. The third-order valence-corrected chi connectivity index (χ3v) is 7.68. The van der Waals surface area contributed by atoms with Gasteiger partial charge in [0.2, 0.25) is 0 Å². The smallest absolute Gasteiger partial charge is 0.254 e. The maximum atomic E-state index is 13.0. The maximum Gasteiger partial charge on any atom is 0.254 e. The summed E-state index contributed by atoms with van der Waals surface area (Å²) in [5.41, 5.74) is 0.604. The van der Waals surface area contributed by atoms with E-state index in [0.717, 1.165) is 5.82 Å². The molecule has 4 rings (SSSR count). The molecule has 8 heteroatoms. The molecule has 0 bridgehead atoms. The van der Waals surface area contributed by atoms with Gasteiger partial charge < -0.3 is 9.80 Å². The molecule has 142 valence electrons. The molecule has 2 aromatic rings. The molecule has 0 saturated carbocycles. The van der Waals surface area contributed by atoms with E-state index in [1.54, 1.807) is 23.2 Å². The van der Waals surface area contributed by atoms with Crippen molar-refractivity contribution >= 4 is 21.6 Å². The molecule has 0 aliphatic carbocycles. The van der Waals surface area contributed by atoms with Crippen LogP contribution < -0.4 is 4.90 Å². The molecule has 0 unspecified atom stereocenters. The second kappa shape index (κ2) is 7.26. The Bertz CT molecular complexity index is 905. The summed E-state index contributed by atoms with van der Waals surface area (Å²) in [6.45, 7) is 1.52. The third kappa shape index (κ3) is 3.53. The van der Waals surface area contributed by atoms with Crippen LogP contribution in [0.5, 0.6) is 0 Å². The lowest BCUT2D eigenvalue weighted by Crippen LogP contribution is -2.56. The van der Waals surface area contributed by atoms with Crippen molar-refractivity contribution in [2.45, 2.75) is 24.1 Å². The van der Waals surface area contributed by atoms with Crippen LogP contribution in [0.3, 0.4) is 0 Å². The van der Waals surface area contributed by atoms with E-state index < -0.39 is 15.1 Å². The van der Waals surface area contributed by atoms with Gasteiger partial charge in [-0.25, -0.2) is 18.4 Å². The summed E-state index contributed by atoms with van der Waals surface area (Å²) in [7, 11) is -3.21. The molecule has 2 atom stereocenters. The largest absolute Gasteiger partial charge is 0.356 e. The first kappa shape index (κ1) is 17.9. The number of aromatic nitrogens is 2. The van der Waals surface area contributed by atoms with Gasteiger partial charge in [-0.3, -0.25) is 4.79 Å². The van der Waals surface area contributed by atoms with Gasteiger partial charge in [-0.2, -0.15) is 0 Å². The van der Waals surface area contributed by atoms with Crippen molar-refractivity contribution in [1.82, 2.24) is 14.9 Å². The number of carbonyl (C=O) groups is 1. The summed E-state index contributed by atoms with van der Waals surface area (Å²) in [6, 6.07) is 10.6. The van der Waals surface area contributed by atoms with Gasteiger partial charge in [0.05, 0.1) is 17.0 Å². The van der Waals surface area contributed by atoms with Crippen LogP contribution in [0.15, 0.2) is 48.9 Å². The van der Waals surface area contributed by atoms with Crippen LogP contribution >= 0.6 is 0 Å². The van der Waals surface area contributed by atoms with Gasteiger partial charge in [0.1, 0.15) is 12.1 Å². The van der Waals surface area contributed by atoms with Crippen molar-refractivity contribution in [3.63, 3.8) is 0 Å². The quantitative estimate of drug-likeness (QED) is 0.776. The molecule has 0 radical (unpaired) electrons. The summed E-state index contributed by atoms with van der Waals surface area (Å²) >= 11 is 0. The molecule has 2 fully saturated rings.